The number of carbonyl (C=O) groups is 1. The van der Waals surface area contributed by atoms with Crippen LogP contribution in [0.1, 0.15) is 45.7 Å². The van der Waals surface area contributed by atoms with Crippen molar-refractivity contribution in [1.82, 2.24) is 0 Å². The number of hydrogen-bond donors (Lipinski definition) is 0. The predicted octanol–water partition coefficient (Wildman–Crippen LogP) is 7.15. The van der Waals surface area contributed by atoms with E-state index in [1.807, 2.05) is 46.8 Å². The summed E-state index contributed by atoms with van der Waals surface area (Å²) in [5.41, 5.74) is 0.947. The molecule has 0 aliphatic rings. The predicted molar refractivity (Wildman–Crippen MR) is 144 cm³/mol. The standard InChI is InChI=1S/C31H35O3S/c1-23-20-27(35(25-14-10-8-11-15-25)26-16-12-9-13-17-26)21-24(2)29(23)33-22-28(32)34-31(6,7)19-18-30(3,4)5/h8-17,20-21H,22H2,1-7H3/q+1. The van der Waals surface area contributed by atoms with Gasteiger partial charge in [0, 0.05) is 17.5 Å². The Hall–Kier alpha value is -3.16. The van der Waals surface area contributed by atoms with Gasteiger partial charge in [-0.3, -0.25) is 0 Å². The second-order valence-electron chi connectivity index (χ2n) is 10.1. The highest BCUT2D eigenvalue weighted by Crippen LogP contribution is 2.35. The summed E-state index contributed by atoms with van der Waals surface area (Å²) in [4.78, 5) is 16.2. The van der Waals surface area contributed by atoms with Crippen LogP contribution in [0.3, 0.4) is 0 Å². The first-order valence-electron chi connectivity index (χ1n) is 11.8. The summed E-state index contributed by atoms with van der Waals surface area (Å²) in [6.07, 6.45) is 0. The zero-order valence-corrected chi connectivity index (χ0v) is 22.6. The maximum atomic E-state index is 12.5. The van der Waals surface area contributed by atoms with E-state index in [0.717, 1.165) is 11.1 Å². The molecule has 0 N–H and O–H groups in total. The molecule has 0 amide bonds. The highest BCUT2D eigenvalue weighted by Gasteiger charge is 2.30. The normalized spacial score (nSPS) is 11.5. The van der Waals surface area contributed by atoms with Crippen molar-refractivity contribution < 1.29 is 14.3 Å². The molecule has 0 saturated carbocycles. The summed E-state index contributed by atoms with van der Waals surface area (Å²) in [5.74, 6) is 6.47. The van der Waals surface area contributed by atoms with E-state index in [9.17, 15) is 4.79 Å². The molecule has 0 heterocycles. The Morgan fingerprint density at radius 1 is 0.771 bits per heavy atom. The molecule has 0 aliphatic heterocycles. The highest BCUT2D eigenvalue weighted by molar-refractivity contribution is 7.97. The van der Waals surface area contributed by atoms with Crippen LogP contribution in [0.25, 0.3) is 0 Å². The lowest BCUT2D eigenvalue weighted by atomic mass is 9.96. The molecule has 0 aromatic heterocycles. The topological polar surface area (TPSA) is 35.5 Å². The van der Waals surface area contributed by atoms with Crippen LogP contribution in [-0.4, -0.2) is 18.2 Å². The quantitative estimate of drug-likeness (QED) is 0.202. The van der Waals surface area contributed by atoms with Crippen LogP contribution < -0.4 is 4.74 Å². The van der Waals surface area contributed by atoms with Crippen LogP contribution in [0.4, 0.5) is 0 Å². The third-order valence-corrected chi connectivity index (χ3v) is 7.26. The van der Waals surface area contributed by atoms with Gasteiger partial charge >= 0.3 is 5.97 Å². The SMILES string of the molecule is Cc1cc([S+](c2ccccc2)c2ccccc2)cc(C)c1OCC(=O)OC(C)(C)C#CC(C)(C)C. The Morgan fingerprint density at radius 3 is 1.71 bits per heavy atom. The first-order valence-corrected chi connectivity index (χ1v) is 13.0. The first-order chi connectivity index (χ1) is 16.5. The van der Waals surface area contributed by atoms with E-state index in [2.05, 4.69) is 72.5 Å². The molecule has 0 fully saturated rings. The monoisotopic (exact) mass is 487 g/mol. The lowest BCUT2D eigenvalue weighted by Gasteiger charge is -2.21. The molecule has 3 rings (SSSR count). The fraction of sp³-hybridized carbons (Fsp3) is 0.323. The average molecular weight is 488 g/mol. The van der Waals surface area contributed by atoms with Gasteiger partial charge in [-0.05, 0) is 83.9 Å². The zero-order chi connectivity index (χ0) is 25.6. The highest BCUT2D eigenvalue weighted by atomic mass is 32.2. The molecule has 3 nitrogen and oxygen atoms in total. The third kappa shape index (κ3) is 7.67. The number of hydrogen-bond acceptors (Lipinski definition) is 3. The molecule has 0 aliphatic carbocycles. The molecule has 0 unspecified atom stereocenters. The lowest BCUT2D eigenvalue weighted by molar-refractivity contribution is -0.154. The minimum atomic E-state index is -0.874. The lowest BCUT2D eigenvalue weighted by Crippen LogP contribution is -2.29. The van der Waals surface area contributed by atoms with Crippen molar-refractivity contribution in [2.45, 2.75) is 68.8 Å². The average Bonchev–Trinajstić information content (AvgIpc) is 2.78. The first kappa shape index (κ1) is 26.4. The van der Waals surface area contributed by atoms with E-state index in [1.54, 1.807) is 13.8 Å². The second-order valence-corrected chi connectivity index (χ2v) is 12.1. The number of aryl methyl sites for hydroxylation is 2. The molecule has 0 radical (unpaired) electrons. The van der Waals surface area contributed by atoms with E-state index in [4.69, 9.17) is 9.47 Å². The van der Waals surface area contributed by atoms with Crippen LogP contribution in [0, 0.1) is 31.1 Å². The van der Waals surface area contributed by atoms with Gasteiger partial charge in [-0.15, -0.1) is 0 Å². The minimum absolute atomic E-state index is 0.159. The summed E-state index contributed by atoms with van der Waals surface area (Å²) in [6.45, 7) is 13.5. The Bertz CT molecular complexity index is 1150. The Balaban J connectivity index is 1.80. The van der Waals surface area contributed by atoms with Gasteiger partial charge in [-0.2, -0.15) is 0 Å². The van der Waals surface area contributed by atoms with E-state index in [1.165, 1.54) is 14.7 Å². The maximum Gasteiger partial charge on any atom is 0.345 e. The molecular formula is C31H35O3S+. The summed E-state index contributed by atoms with van der Waals surface area (Å²) >= 11 is 0. The summed E-state index contributed by atoms with van der Waals surface area (Å²) in [5, 5.41) is 0. The van der Waals surface area contributed by atoms with E-state index in [0.29, 0.717) is 5.75 Å². The van der Waals surface area contributed by atoms with Crippen molar-refractivity contribution in [3.8, 4) is 17.6 Å². The molecule has 0 spiro atoms. The molecule has 0 bridgehead atoms. The molecule has 182 valence electrons. The fourth-order valence-electron chi connectivity index (χ4n) is 3.59. The molecule has 0 saturated heterocycles. The van der Waals surface area contributed by atoms with E-state index >= 15 is 0 Å². The number of esters is 1. The van der Waals surface area contributed by atoms with Gasteiger partial charge in [-0.1, -0.05) is 48.2 Å². The molecule has 0 atom stereocenters. The van der Waals surface area contributed by atoms with Gasteiger partial charge in [0.2, 0.25) is 0 Å². The van der Waals surface area contributed by atoms with Gasteiger partial charge in [0.15, 0.2) is 26.9 Å². The van der Waals surface area contributed by atoms with Gasteiger partial charge in [0.05, 0.1) is 10.9 Å². The van der Waals surface area contributed by atoms with E-state index < -0.39 is 11.6 Å². The van der Waals surface area contributed by atoms with Gasteiger partial charge in [0.25, 0.3) is 0 Å². The van der Waals surface area contributed by atoms with Crippen molar-refractivity contribution >= 4 is 16.9 Å². The summed E-state index contributed by atoms with van der Waals surface area (Å²) in [6, 6.07) is 25.4. The molecule has 4 heteroatoms. The Morgan fingerprint density at radius 2 is 1.26 bits per heavy atom. The zero-order valence-electron chi connectivity index (χ0n) is 21.8. The third-order valence-electron chi connectivity index (χ3n) is 5.07. The number of benzene rings is 3. The van der Waals surface area contributed by atoms with Crippen molar-refractivity contribution in [3.05, 3.63) is 83.9 Å². The maximum absolute atomic E-state index is 12.5. The second kappa shape index (κ2) is 11.1. The molecular weight excluding hydrogens is 452 g/mol. The fourth-order valence-corrected chi connectivity index (χ4v) is 5.85. The van der Waals surface area contributed by atoms with Crippen LogP contribution in [0.2, 0.25) is 0 Å². The van der Waals surface area contributed by atoms with Crippen molar-refractivity contribution in [3.63, 3.8) is 0 Å². The molecule has 3 aromatic rings. The van der Waals surface area contributed by atoms with Crippen molar-refractivity contribution in [2.24, 2.45) is 5.41 Å². The van der Waals surface area contributed by atoms with Crippen molar-refractivity contribution in [1.29, 1.82) is 0 Å². The van der Waals surface area contributed by atoms with Crippen LogP contribution in [0.5, 0.6) is 5.75 Å². The number of ether oxygens (including phenoxy) is 2. The van der Waals surface area contributed by atoms with Gasteiger partial charge < -0.3 is 9.47 Å². The Kier molecular flexibility index (Phi) is 8.35. The van der Waals surface area contributed by atoms with Gasteiger partial charge in [-0.25, -0.2) is 4.79 Å². The number of rotatable bonds is 7. The summed E-state index contributed by atoms with van der Waals surface area (Å²) < 4.78 is 11.5. The minimum Gasteiger partial charge on any atom is -0.481 e. The van der Waals surface area contributed by atoms with Crippen molar-refractivity contribution in [2.75, 3.05) is 6.61 Å². The number of carbonyl (C=O) groups excluding carboxylic acids is 1. The Labute approximate surface area is 213 Å². The molecule has 3 aromatic carbocycles. The summed E-state index contributed by atoms with van der Waals surface area (Å²) in [7, 11) is -0.242. The molecule has 35 heavy (non-hydrogen) atoms. The smallest absolute Gasteiger partial charge is 0.345 e. The van der Waals surface area contributed by atoms with Crippen LogP contribution in [0.15, 0.2) is 87.5 Å². The van der Waals surface area contributed by atoms with Gasteiger partial charge in [0.1, 0.15) is 5.75 Å². The van der Waals surface area contributed by atoms with Crippen LogP contribution >= 0.6 is 0 Å². The largest absolute Gasteiger partial charge is 0.481 e. The van der Waals surface area contributed by atoms with E-state index in [-0.39, 0.29) is 22.9 Å². The van der Waals surface area contributed by atoms with Crippen LogP contribution in [-0.2, 0) is 20.4 Å².